The minimum absolute atomic E-state index is 0.0872. The van der Waals surface area contributed by atoms with Gasteiger partial charge in [-0.25, -0.2) is 0 Å². The molecule has 2 rings (SSSR count). The van der Waals surface area contributed by atoms with Crippen LogP contribution in [0.5, 0.6) is 11.5 Å². The second-order valence-electron chi connectivity index (χ2n) is 6.95. The number of aliphatic hydroxyl groups excluding tert-OH is 1. The van der Waals surface area contributed by atoms with Gasteiger partial charge in [0.2, 0.25) is 0 Å². The van der Waals surface area contributed by atoms with Crippen molar-refractivity contribution in [3.8, 4) is 11.5 Å². The number of aliphatic hydroxyl groups is 1. The standard InChI is InChI=1S/C23H32N2O4/c1-4-12-28-21-11-8-19(22(14-21)29-13-5-2)15-24-20-9-6-18(7-10-20)23(27)25-17(3)16-26/h6-11,14,17,24,26H,4-5,12-13,15-16H2,1-3H3,(H,25,27). The molecule has 1 amide bonds. The molecular weight excluding hydrogens is 368 g/mol. The highest BCUT2D eigenvalue weighted by molar-refractivity contribution is 5.94. The lowest BCUT2D eigenvalue weighted by Crippen LogP contribution is -2.34. The van der Waals surface area contributed by atoms with Crippen LogP contribution in [0.4, 0.5) is 5.69 Å². The maximum absolute atomic E-state index is 12.1. The van der Waals surface area contributed by atoms with E-state index in [4.69, 9.17) is 14.6 Å². The minimum atomic E-state index is -0.272. The lowest BCUT2D eigenvalue weighted by molar-refractivity contribution is 0.0922. The summed E-state index contributed by atoms with van der Waals surface area (Å²) in [5.74, 6) is 1.44. The number of ether oxygens (including phenoxy) is 2. The third-order valence-electron chi connectivity index (χ3n) is 4.25. The average Bonchev–Trinajstić information content (AvgIpc) is 2.75. The molecule has 29 heavy (non-hydrogen) atoms. The van der Waals surface area contributed by atoms with Crippen molar-refractivity contribution in [2.24, 2.45) is 0 Å². The lowest BCUT2D eigenvalue weighted by atomic mass is 10.1. The van der Waals surface area contributed by atoms with Crippen molar-refractivity contribution in [3.05, 3.63) is 53.6 Å². The zero-order chi connectivity index (χ0) is 21.1. The number of nitrogens with one attached hydrogen (secondary N) is 2. The molecule has 158 valence electrons. The third-order valence-corrected chi connectivity index (χ3v) is 4.25. The van der Waals surface area contributed by atoms with Crippen LogP contribution >= 0.6 is 0 Å². The van der Waals surface area contributed by atoms with E-state index >= 15 is 0 Å². The normalized spacial score (nSPS) is 11.6. The van der Waals surface area contributed by atoms with Crippen molar-refractivity contribution >= 4 is 11.6 Å². The average molecular weight is 401 g/mol. The zero-order valence-corrected chi connectivity index (χ0v) is 17.5. The van der Waals surface area contributed by atoms with Crippen LogP contribution < -0.4 is 20.1 Å². The van der Waals surface area contributed by atoms with E-state index in [0.717, 1.165) is 35.6 Å². The van der Waals surface area contributed by atoms with Crippen LogP contribution in [0.15, 0.2) is 42.5 Å². The van der Waals surface area contributed by atoms with E-state index in [1.807, 2.05) is 30.3 Å². The van der Waals surface area contributed by atoms with Gasteiger partial charge in [-0.2, -0.15) is 0 Å². The molecule has 0 aliphatic rings. The maximum Gasteiger partial charge on any atom is 0.251 e. The summed E-state index contributed by atoms with van der Waals surface area (Å²) in [5.41, 5.74) is 2.51. The Labute approximate surface area is 173 Å². The third kappa shape index (κ3) is 7.31. The summed E-state index contributed by atoms with van der Waals surface area (Å²) in [5, 5.41) is 15.1. The van der Waals surface area contributed by atoms with Gasteiger partial charge in [0, 0.05) is 35.5 Å². The van der Waals surface area contributed by atoms with Crippen LogP contribution in [-0.2, 0) is 6.54 Å². The molecule has 0 spiro atoms. The maximum atomic E-state index is 12.1. The highest BCUT2D eigenvalue weighted by atomic mass is 16.5. The van der Waals surface area contributed by atoms with Crippen molar-refractivity contribution in [2.75, 3.05) is 25.1 Å². The van der Waals surface area contributed by atoms with Crippen molar-refractivity contribution in [1.82, 2.24) is 5.32 Å². The van der Waals surface area contributed by atoms with E-state index in [1.54, 1.807) is 19.1 Å². The first-order valence-electron chi connectivity index (χ1n) is 10.2. The first kappa shape index (κ1) is 22.6. The zero-order valence-electron chi connectivity index (χ0n) is 17.5. The molecule has 2 aromatic carbocycles. The SMILES string of the molecule is CCCOc1ccc(CNc2ccc(C(=O)NC(C)CO)cc2)c(OCCC)c1. The van der Waals surface area contributed by atoms with E-state index in [1.165, 1.54) is 0 Å². The number of hydrogen-bond acceptors (Lipinski definition) is 5. The summed E-state index contributed by atoms with van der Waals surface area (Å²) in [7, 11) is 0. The molecular formula is C23H32N2O4. The highest BCUT2D eigenvalue weighted by Gasteiger charge is 2.10. The van der Waals surface area contributed by atoms with Crippen molar-refractivity contribution < 1.29 is 19.4 Å². The first-order chi connectivity index (χ1) is 14.1. The van der Waals surface area contributed by atoms with Crippen molar-refractivity contribution in [1.29, 1.82) is 0 Å². The second-order valence-corrected chi connectivity index (χ2v) is 6.95. The summed E-state index contributed by atoms with van der Waals surface area (Å²) < 4.78 is 11.6. The van der Waals surface area contributed by atoms with Crippen LogP contribution in [0.25, 0.3) is 0 Å². The molecule has 0 bridgehead atoms. The Morgan fingerprint density at radius 3 is 2.38 bits per heavy atom. The van der Waals surface area contributed by atoms with E-state index < -0.39 is 0 Å². The van der Waals surface area contributed by atoms with Gasteiger partial charge < -0.3 is 25.2 Å². The fourth-order valence-electron chi connectivity index (χ4n) is 2.63. The molecule has 6 heteroatoms. The number of amides is 1. The molecule has 1 unspecified atom stereocenters. The van der Waals surface area contributed by atoms with Crippen LogP contribution in [0, 0.1) is 0 Å². The van der Waals surface area contributed by atoms with E-state index in [2.05, 4.69) is 24.5 Å². The molecule has 0 saturated carbocycles. The second kappa shape index (κ2) is 12.0. The van der Waals surface area contributed by atoms with Crippen LogP contribution in [0.2, 0.25) is 0 Å². The molecule has 0 aliphatic heterocycles. The summed E-state index contributed by atoms with van der Waals surface area (Å²) in [4.78, 5) is 12.1. The lowest BCUT2D eigenvalue weighted by Gasteiger charge is -2.15. The monoisotopic (exact) mass is 400 g/mol. The number of carbonyl (C=O) groups excluding carboxylic acids is 1. The predicted molar refractivity (Wildman–Crippen MR) is 116 cm³/mol. The predicted octanol–water partition coefficient (Wildman–Crippen LogP) is 3.99. The van der Waals surface area contributed by atoms with Crippen molar-refractivity contribution in [3.63, 3.8) is 0 Å². The van der Waals surface area contributed by atoms with Crippen LogP contribution in [0.1, 0.15) is 49.5 Å². The quantitative estimate of drug-likeness (QED) is 0.502. The van der Waals surface area contributed by atoms with Crippen LogP contribution in [-0.4, -0.2) is 36.9 Å². The van der Waals surface area contributed by atoms with Gasteiger partial charge in [-0.05, 0) is 56.2 Å². The van der Waals surface area contributed by atoms with Gasteiger partial charge in [0.1, 0.15) is 11.5 Å². The van der Waals surface area contributed by atoms with Gasteiger partial charge in [0.25, 0.3) is 5.91 Å². The van der Waals surface area contributed by atoms with Gasteiger partial charge in [-0.3, -0.25) is 4.79 Å². The molecule has 1 atom stereocenters. The molecule has 2 aromatic rings. The summed E-state index contributed by atoms with van der Waals surface area (Å²) in [6, 6.07) is 12.9. The summed E-state index contributed by atoms with van der Waals surface area (Å²) >= 11 is 0. The Balaban J connectivity index is 2.01. The van der Waals surface area contributed by atoms with Gasteiger partial charge in [-0.1, -0.05) is 13.8 Å². The first-order valence-corrected chi connectivity index (χ1v) is 10.2. The molecule has 0 fully saturated rings. The number of hydrogen-bond donors (Lipinski definition) is 3. The van der Waals surface area contributed by atoms with Gasteiger partial charge in [-0.15, -0.1) is 0 Å². The fourth-order valence-corrected chi connectivity index (χ4v) is 2.63. The Bertz CT molecular complexity index is 762. The summed E-state index contributed by atoms with van der Waals surface area (Å²) in [6.45, 7) is 7.76. The fraction of sp³-hybridized carbons (Fsp3) is 0.435. The molecule has 0 aromatic heterocycles. The molecule has 0 aliphatic carbocycles. The Hall–Kier alpha value is -2.73. The summed E-state index contributed by atoms with van der Waals surface area (Å²) in [6.07, 6.45) is 1.90. The van der Waals surface area contributed by atoms with E-state index in [-0.39, 0.29) is 18.6 Å². The van der Waals surface area contributed by atoms with Gasteiger partial charge >= 0.3 is 0 Å². The minimum Gasteiger partial charge on any atom is -0.493 e. The Morgan fingerprint density at radius 2 is 1.72 bits per heavy atom. The molecule has 0 saturated heterocycles. The van der Waals surface area contributed by atoms with Gasteiger partial charge in [0.15, 0.2) is 0 Å². The molecule has 3 N–H and O–H groups in total. The Morgan fingerprint density at radius 1 is 1.03 bits per heavy atom. The smallest absolute Gasteiger partial charge is 0.251 e. The largest absolute Gasteiger partial charge is 0.493 e. The Kier molecular flexibility index (Phi) is 9.31. The molecule has 6 nitrogen and oxygen atoms in total. The number of carbonyl (C=O) groups is 1. The van der Waals surface area contributed by atoms with E-state index in [9.17, 15) is 4.79 Å². The molecule has 0 radical (unpaired) electrons. The highest BCUT2D eigenvalue weighted by Crippen LogP contribution is 2.26. The van der Waals surface area contributed by atoms with Crippen molar-refractivity contribution in [2.45, 2.75) is 46.2 Å². The number of rotatable bonds is 12. The van der Waals surface area contributed by atoms with E-state index in [0.29, 0.717) is 25.3 Å². The number of anilines is 1. The molecule has 0 heterocycles. The number of benzene rings is 2. The topological polar surface area (TPSA) is 79.8 Å². The van der Waals surface area contributed by atoms with Crippen LogP contribution in [0.3, 0.4) is 0 Å². The van der Waals surface area contributed by atoms with Gasteiger partial charge in [0.05, 0.1) is 19.8 Å².